The van der Waals surface area contributed by atoms with Gasteiger partial charge in [-0.05, 0) is 29.5 Å². The topological polar surface area (TPSA) is 40.1 Å². The van der Waals surface area contributed by atoms with Crippen LogP contribution in [0.25, 0.3) is 0 Å². The van der Waals surface area contributed by atoms with Crippen molar-refractivity contribution < 1.29 is 23.1 Å². The lowest BCUT2D eigenvalue weighted by Crippen LogP contribution is -2.22. The van der Waals surface area contributed by atoms with Crippen molar-refractivity contribution >= 4 is 17.7 Å². The molecular weight excluding hydrogens is 217 g/mol. The molecule has 0 aliphatic carbocycles. The zero-order chi connectivity index (χ0) is 10.8. The highest BCUT2D eigenvalue weighted by Gasteiger charge is 2.29. The molecule has 0 heterocycles. The van der Waals surface area contributed by atoms with Gasteiger partial charge in [0.1, 0.15) is 0 Å². The fourth-order valence-electron chi connectivity index (χ4n) is 0.820. The summed E-state index contributed by atoms with van der Waals surface area (Å²) in [5.74, 6) is -1.49. The standard InChI is InChI=1S/C8H5F3O2S/c9-8(10,11)14-6-3-1-2-5(4-6)7(12)13/h1-4H,(H,12,13)/p-1. The molecule has 1 aromatic carbocycles. The minimum Gasteiger partial charge on any atom is -0.545 e. The van der Waals surface area contributed by atoms with Crippen LogP contribution in [-0.4, -0.2) is 11.5 Å². The number of hydrogen-bond donors (Lipinski definition) is 0. The Morgan fingerprint density at radius 2 is 2.00 bits per heavy atom. The van der Waals surface area contributed by atoms with Crippen LogP contribution in [0.15, 0.2) is 29.2 Å². The molecule has 14 heavy (non-hydrogen) atoms. The van der Waals surface area contributed by atoms with Crippen LogP contribution < -0.4 is 5.11 Å². The molecular formula is C8H4F3O2S-. The molecule has 6 heteroatoms. The van der Waals surface area contributed by atoms with Crippen molar-refractivity contribution in [2.45, 2.75) is 10.4 Å². The fourth-order valence-corrected chi connectivity index (χ4v) is 1.42. The van der Waals surface area contributed by atoms with Gasteiger partial charge in [0.2, 0.25) is 0 Å². The first kappa shape index (κ1) is 10.9. The molecule has 0 saturated carbocycles. The number of halogens is 3. The van der Waals surface area contributed by atoms with E-state index in [0.717, 1.165) is 6.07 Å². The summed E-state index contributed by atoms with van der Waals surface area (Å²) in [7, 11) is 0. The first-order valence-electron chi connectivity index (χ1n) is 3.45. The second kappa shape index (κ2) is 3.91. The maximum absolute atomic E-state index is 11.9. The summed E-state index contributed by atoms with van der Waals surface area (Å²) in [6, 6.07) is 4.52. The largest absolute Gasteiger partial charge is 0.545 e. The summed E-state index contributed by atoms with van der Waals surface area (Å²) in [5.41, 5.74) is -4.68. The Morgan fingerprint density at radius 1 is 1.36 bits per heavy atom. The van der Waals surface area contributed by atoms with E-state index in [1.54, 1.807) is 0 Å². The molecule has 0 spiro atoms. The van der Waals surface area contributed by atoms with Crippen LogP contribution in [0.4, 0.5) is 13.2 Å². The molecule has 0 fully saturated rings. The number of carbonyl (C=O) groups excluding carboxylic acids is 1. The van der Waals surface area contributed by atoms with E-state index in [-0.39, 0.29) is 22.2 Å². The van der Waals surface area contributed by atoms with E-state index in [2.05, 4.69) is 0 Å². The van der Waals surface area contributed by atoms with Gasteiger partial charge in [0.15, 0.2) is 0 Å². The molecule has 0 radical (unpaired) electrons. The van der Waals surface area contributed by atoms with Crippen LogP contribution in [0.1, 0.15) is 10.4 Å². The Balaban J connectivity index is 2.89. The summed E-state index contributed by atoms with van der Waals surface area (Å²) in [5, 5.41) is 10.3. The van der Waals surface area contributed by atoms with Gasteiger partial charge in [0.25, 0.3) is 0 Å². The van der Waals surface area contributed by atoms with Crippen molar-refractivity contribution in [2.75, 3.05) is 0 Å². The molecule has 1 rings (SSSR count). The van der Waals surface area contributed by atoms with Crippen LogP contribution in [-0.2, 0) is 0 Å². The normalized spacial score (nSPS) is 11.4. The van der Waals surface area contributed by atoms with Gasteiger partial charge >= 0.3 is 5.51 Å². The maximum atomic E-state index is 11.9. The van der Waals surface area contributed by atoms with E-state index >= 15 is 0 Å². The van der Waals surface area contributed by atoms with Gasteiger partial charge in [-0.3, -0.25) is 0 Å². The highest BCUT2D eigenvalue weighted by molar-refractivity contribution is 8.00. The Bertz CT molecular complexity index is 349. The molecule has 0 unspecified atom stereocenters. The quantitative estimate of drug-likeness (QED) is 0.713. The molecule has 0 atom stereocenters. The van der Waals surface area contributed by atoms with Gasteiger partial charge in [-0.2, -0.15) is 13.2 Å². The lowest BCUT2D eigenvalue weighted by molar-refractivity contribution is -0.255. The van der Waals surface area contributed by atoms with Crippen LogP contribution in [0.5, 0.6) is 0 Å². The maximum Gasteiger partial charge on any atom is 0.446 e. The van der Waals surface area contributed by atoms with E-state index in [0.29, 0.717) is 0 Å². The number of carboxylic acid groups (broad SMARTS) is 1. The number of aromatic carboxylic acids is 1. The van der Waals surface area contributed by atoms with E-state index in [4.69, 9.17) is 0 Å². The van der Waals surface area contributed by atoms with Crippen molar-refractivity contribution in [1.82, 2.24) is 0 Å². The van der Waals surface area contributed by atoms with Gasteiger partial charge < -0.3 is 9.90 Å². The van der Waals surface area contributed by atoms with Crippen LogP contribution in [0, 0.1) is 0 Å². The number of alkyl halides is 3. The molecule has 0 N–H and O–H groups in total. The first-order valence-corrected chi connectivity index (χ1v) is 4.27. The van der Waals surface area contributed by atoms with Gasteiger partial charge in [-0.1, -0.05) is 12.1 Å². The van der Waals surface area contributed by atoms with Crippen LogP contribution in [0.3, 0.4) is 0 Å². The molecule has 0 bridgehead atoms. The summed E-state index contributed by atoms with van der Waals surface area (Å²) in [4.78, 5) is 10.1. The van der Waals surface area contributed by atoms with E-state index in [1.807, 2.05) is 0 Å². The Kier molecular flexibility index (Phi) is 3.05. The fraction of sp³-hybridized carbons (Fsp3) is 0.125. The number of carbonyl (C=O) groups is 1. The third-order valence-electron chi connectivity index (χ3n) is 1.30. The van der Waals surface area contributed by atoms with Gasteiger partial charge in [0.05, 0.1) is 5.97 Å². The minimum atomic E-state index is -4.41. The SMILES string of the molecule is O=C([O-])c1cccc(SC(F)(F)F)c1. The second-order valence-electron chi connectivity index (χ2n) is 2.36. The van der Waals surface area contributed by atoms with Crippen LogP contribution >= 0.6 is 11.8 Å². The zero-order valence-corrected chi connectivity index (χ0v) is 7.48. The molecule has 76 valence electrons. The lowest BCUT2D eigenvalue weighted by atomic mass is 10.2. The smallest absolute Gasteiger partial charge is 0.446 e. The second-order valence-corrected chi connectivity index (χ2v) is 3.50. The van der Waals surface area contributed by atoms with Crippen LogP contribution in [0.2, 0.25) is 0 Å². The van der Waals surface area contributed by atoms with Gasteiger partial charge in [-0.25, -0.2) is 0 Å². The van der Waals surface area contributed by atoms with Gasteiger partial charge in [0, 0.05) is 4.90 Å². The van der Waals surface area contributed by atoms with E-state index in [1.165, 1.54) is 18.2 Å². The molecule has 2 nitrogen and oxygen atoms in total. The number of benzene rings is 1. The number of thioether (sulfide) groups is 1. The van der Waals surface area contributed by atoms with E-state index in [9.17, 15) is 23.1 Å². The molecule has 0 amide bonds. The van der Waals surface area contributed by atoms with Crippen molar-refractivity contribution in [3.8, 4) is 0 Å². The summed E-state index contributed by atoms with van der Waals surface area (Å²) in [6.07, 6.45) is 0. The van der Waals surface area contributed by atoms with Gasteiger partial charge in [-0.15, -0.1) is 0 Å². The predicted molar refractivity (Wildman–Crippen MR) is 42.7 cm³/mol. The Labute approximate surface area is 81.7 Å². The van der Waals surface area contributed by atoms with Crippen molar-refractivity contribution in [2.24, 2.45) is 0 Å². The summed E-state index contributed by atoms with van der Waals surface area (Å²) >= 11 is -0.359. The third-order valence-corrected chi connectivity index (χ3v) is 2.02. The Hall–Kier alpha value is -1.17. The first-order chi connectivity index (χ1) is 6.38. The highest BCUT2D eigenvalue weighted by Crippen LogP contribution is 2.36. The number of carboxylic acids is 1. The minimum absolute atomic E-state index is 0.167. The molecule has 0 saturated heterocycles. The summed E-state index contributed by atoms with van der Waals surface area (Å²) in [6.45, 7) is 0. The predicted octanol–water partition coefficient (Wildman–Crippen LogP) is 1.66. The lowest BCUT2D eigenvalue weighted by Gasteiger charge is -2.07. The van der Waals surface area contributed by atoms with E-state index < -0.39 is 11.5 Å². The monoisotopic (exact) mass is 221 g/mol. The molecule has 0 aromatic heterocycles. The number of rotatable bonds is 2. The van der Waals surface area contributed by atoms with Crippen molar-refractivity contribution in [1.29, 1.82) is 0 Å². The highest BCUT2D eigenvalue weighted by atomic mass is 32.2. The van der Waals surface area contributed by atoms with Crippen molar-refractivity contribution in [3.63, 3.8) is 0 Å². The number of hydrogen-bond acceptors (Lipinski definition) is 3. The third kappa shape index (κ3) is 3.29. The summed E-state index contributed by atoms with van der Waals surface area (Å²) < 4.78 is 35.6. The molecule has 0 aliphatic rings. The zero-order valence-electron chi connectivity index (χ0n) is 6.67. The Morgan fingerprint density at radius 3 is 2.50 bits per heavy atom. The van der Waals surface area contributed by atoms with Crippen molar-refractivity contribution in [3.05, 3.63) is 29.8 Å². The average Bonchev–Trinajstić information content (AvgIpc) is 2.01. The average molecular weight is 221 g/mol. The molecule has 1 aromatic rings. The molecule has 0 aliphatic heterocycles.